The third-order valence-electron chi connectivity index (χ3n) is 4.45. The van der Waals surface area contributed by atoms with Crippen LogP contribution in [0.25, 0.3) is 12.2 Å². The van der Waals surface area contributed by atoms with E-state index in [0.29, 0.717) is 0 Å². The van der Waals surface area contributed by atoms with Crippen molar-refractivity contribution < 1.29 is 0 Å². The van der Waals surface area contributed by atoms with Gasteiger partial charge in [0.05, 0.1) is 0 Å². The fourth-order valence-corrected chi connectivity index (χ4v) is 21.2. The quantitative estimate of drug-likeness (QED) is 0.306. The number of benzene rings is 1. The Kier molecular flexibility index (Phi) is 10.0. The average Bonchev–Trinajstić information content (AvgIpc) is 3.02. The fourth-order valence-electron chi connectivity index (χ4n) is 3.14. The Balaban J connectivity index is 2.46. The summed E-state index contributed by atoms with van der Waals surface area (Å²) in [6, 6.07) is 6.84. The second-order valence-corrected chi connectivity index (χ2v) is 32.8. The molecule has 0 bridgehead atoms. The molecule has 0 atom stereocenters. The maximum absolute atomic E-state index is 6.04. The second-order valence-electron chi connectivity index (χ2n) is 9.48. The SMILES string of the molecule is CN(C)c1ccc(/C=C/c2cc(P(C)(C)=S)c(P(CP(C)(C)=S)CP(C)(C)=S)s2)cc1. The first kappa shape index (κ1) is 28.1. The Labute approximate surface area is 210 Å². The van der Waals surface area contributed by atoms with Gasteiger partial charge in [0.25, 0.3) is 0 Å². The Morgan fingerprint density at radius 2 is 1.39 bits per heavy atom. The fraction of sp³-hybridized carbons (Fsp3) is 0.455. The van der Waals surface area contributed by atoms with Crippen LogP contribution in [0.5, 0.6) is 0 Å². The molecule has 0 saturated heterocycles. The lowest BCUT2D eigenvalue weighted by atomic mass is 10.2. The van der Waals surface area contributed by atoms with Crippen LogP contribution >= 0.6 is 37.4 Å². The van der Waals surface area contributed by atoms with E-state index in [4.69, 9.17) is 35.4 Å². The molecule has 1 aromatic heterocycles. The molecule has 0 aliphatic heterocycles. The van der Waals surface area contributed by atoms with Crippen LogP contribution in [0.4, 0.5) is 5.69 Å². The molecule has 172 valence electrons. The van der Waals surface area contributed by atoms with Crippen molar-refractivity contribution in [3.05, 3.63) is 40.8 Å². The molecule has 2 rings (SSSR count). The zero-order chi connectivity index (χ0) is 23.6. The monoisotopic (exact) mass is 565 g/mol. The number of nitrogens with zero attached hydrogens (tertiary/aromatic N) is 1. The zero-order valence-electron chi connectivity index (χ0n) is 19.8. The average molecular weight is 566 g/mol. The van der Waals surface area contributed by atoms with Crippen LogP contribution < -0.4 is 14.8 Å². The normalized spacial score (nSPS) is 13.3. The van der Waals surface area contributed by atoms with E-state index in [2.05, 4.69) is 101 Å². The largest absolute Gasteiger partial charge is 0.378 e. The summed E-state index contributed by atoms with van der Waals surface area (Å²) in [6.45, 7) is 13.7. The van der Waals surface area contributed by atoms with E-state index in [9.17, 15) is 0 Å². The smallest absolute Gasteiger partial charge is 0.0376 e. The number of anilines is 1. The summed E-state index contributed by atoms with van der Waals surface area (Å²) in [5.41, 5.74) is 2.43. The molecule has 0 aliphatic rings. The van der Waals surface area contributed by atoms with Crippen LogP contribution in [0.2, 0.25) is 0 Å². The van der Waals surface area contributed by atoms with Crippen molar-refractivity contribution in [3.63, 3.8) is 0 Å². The Bertz CT molecular complexity index is 1040. The summed E-state index contributed by atoms with van der Waals surface area (Å²) in [5.74, 6) is 2.30. The highest BCUT2D eigenvalue weighted by atomic mass is 32.4. The predicted molar refractivity (Wildman–Crippen MR) is 168 cm³/mol. The van der Waals surface area contributed by atoms with Crippen molar-refractivity contribution >= 4 is 101 Å². The zero-order valence-corrected chi connectivity index (χ0v) is 26.7. The molecule has 0 spiro atoms. The lowest BCUT2D eigenvalue weighted by molar-refractivity contribution is 1.13. The summed E-state index contributed by atoms with van der Waals surface area (Å²) in [4.78, 5) is 3.42. The Morgan fingerprint density at radius 3 is 1.81 bits per heavy atom. The maximum Gasteiger partial charge on any atom is 0.0376 e. The summed E-state index contributed by atoms with van der Waals surface area (Å²) < 4.78 is 1.53. The molecule has 2 aromatic rings. The van der Waals surface area contributed by atoms with Gasteiger partial charge >= 0.3 is 0 Å². The summed E-state index contributed by atoms with van der Waals surface area (Å²) in [7, 11) is 3.79. The van der Waals surface area contributed by atoms with E-state index in [0.717, 1.165) is 11.8 Å². The van der Waals surface area contributed by atoms with Crippen LogP contribution in [0.3, 0.4) is 0 Å². The first-order chi connectivity index (χ1) is 14.0. The minimum Gasteiger partial charge on any atom is -0.378 e. The highest BCUT2D eigenvalue weighted by Gasteiger charge is 2.27. The second kappa shape index (κ2) is 11.1. The van der Waals surface area contributed by atoms with Crippen LogP contribution in [0, 0.1) is 0 Å². The first-order valence-corrected chi connectivity index (χ1v) is 24.0. The number of hydrogen-bond donors (Lipinski definition) is 0. The van der Waals surface area contributed by atoms with Crippen LogP contribution in [-0.2, 0) is 35.4 Å². The van der Waals surface area contributed by atoms with Gasteiger partial charge in [0.1, 0.15) is 0 Å². The first-order valence-electron chi connectivity index (χ1n) is 10.0. The van der Waals surface area contributed by atoms with Gasteiger partial charge in [-0.2, -0.15) is 0 Å². The van der Waals surface area contributed by atoms with Gasteiger partial charge in [-0.25, -0.2) is 0 Å². The Morgan fingerprint density at radius 1 is 0.871 bits per heavy atom. The van der Waals surface area contributed by atoms with Gasteiger partial charge in [0.15, 0.2) is 0 Å². The number of thiophene rings is 1. The van der Waals surface area contributed by atoms with Gasteiger partial charge in [-0.05, 0) is 87.9 Å². The summed E-state index contributed by atoms with van der Waals surface area (Å²) in [5, 5.41) is 1.42. The van der Waals surface area contributed by atoms with E-state index in [-0.39, 0.29) is 7.92 Å². The highest BCUT2D eigenvalue weighted by Crippen LogP contribution is 2.60. The van der Waals surface area contributed by atoms with E-state index in [1.165, 1.54) is 26.1 Å². The molecule has 0 N–H and O–H groups in total. The van der Waals surface area contributed by atoms with Crippen molar-refractivity contribution in [2.24, 2.45) is 0 Å². The molecule has 0 amide bonds. The van der Waals surface area contributed by atoms with Gasteiger partial charge < -0.3 is 4.90 Å². The van der Waals surface area contributed by atoms with Crippen LogP contribution in [0.1, 0.15) is 10.4 Å². The molecule has 1 heterocycles. The van der Waals surface area contributed by atoms with Crippen molar-refractivity contribution in [2.75, 3.05) is 70.8 Å². The van der Waals surface area contributed by atoms with E-state index in [1.54, 1.807) is 0 Å². The molecule has 0 saturated carbocycles. The van der Waals surface area contributed by atoms with Crippen molar-refractivity contribution in [1.29, 1.82) is 0 Å². The van der Waals surface area contributed by atoms with E-state index >= 15 is 0 Å². The third-order valence-corrected chi connectivity index (χ3v) is 19.9. The van der Waals surface area contributed by atoms with Crippen molar-refractivity contribution in [1.82, 2.24) is 0 Å². The maximum atomic E-state index is 6.04. The molecule has 1 aromatic carbocycles. The predicted octanol–water partition coefficient (Wildman–Crippen LogP) is 6.85. The molecule has 31 heavy (non-hydrogen) atoms. The standard InChI is InChI=1S/C22H35NP4S4/c1-23(2)19-12-9-18(10-13-19)11-14-20-15-21(27(7,8)30)22(31-20)24(16-25(3,4)28)17-26(5,6)29/h9-15H,16-17H2,1-8H3/b14-11+. The molecule has 0 unspecified atom stereocenters. The van der Waals surface area contributed by atoms with Gasteiger partial charge in [0.2, 0.25) is 0 Å². The minimum atomic E-state index is -1.56. The molecule has 0 aliphatic carbocycles. The molecule has 0 radical (unpaired) electrons. The van der Waals surface area contributed by atoms with Crippen LogP contribution in [0.15, 0.2) is 30.3 Å². The number of hydrogen-bond acceptors (Lipinski definition) is 5. The van der Waals surface area contributed by atoms with Gasteiger partial charge in [0, 0.05) is 46.4 Å². The van der Waals surface area contributed by atoms with Gasteiger partial charge in [-0.15, -0.1) is 11.3 Å². The molecule has 1 nitrogen and oxygen atoms in total. The van der Waals surface area contributed by atoms with Gasteiger partial charge in [-0.1, -0.05) is 61.6 Å². The minimum absolute atomic E-state index is 0.342. The van der Waals surface area contributed by atoms with Crippen molar-refractivity contribution in [3.8, 4) is 0 Å². The molecule has 9 heteroatoms. The lowest BCUT2D eigenvalue weighted by Crippen LogP contribution is -2.19. The third kappa shape index (κ3) is 9.54. The van der Waals surface area contributed by atoms with Gasteiger partial charge in [-0.3, -0.25) is 0 Å². The lowest BCUT2D eigenvalue weighted by Gasteiger charge is -2.26. The molecular formula is C22H35NP4S4. The van der Waals surface area contributed by atoms with E-state index < -0.39 is 18.1 Å². The number of rotatable bonds is 9. The molecule has 0 fully saturated rings. The summed E-state index contributed by atoms with van der Waals surface area (Å²) in [6.07, 6.45) is 4.47. The van der Waals surface area contributed by atoms with Crippen LogP contribution in [-0.4, -0.2) is 65.9 Å². The highest BCUT2D eigenvalue weighted by molar-refractivity contribution is 8.21. The molecular weight excluding hydrogens is 530 g/mol. The van der Waals surface area contributed by atoms with Crippen molar-refractivity contribution in [2.45, 2.75) is 0 Å². The van der Waals surface area contributed by atoms with E-state index in [1.807, 2.05) is 11.3 Å². The topological polar surface area (TPSA) is 3.24 Å². The Hall–Kier alpha value is 0.840. The summed E-state index contributed by atoms with van der Waals surface area (Å²) >= 11 is 19.8.